The summed E-state index contributed by atoms with van der Waals surface area (Å²) >= 11 is 0. The van der Waals surface area contributed by atoms with Crippen molar-refractivity contribution < 1.29 is 27.2 Å². The van der Waals surface area contributed by atoms with Crippen LogP contribution in [0.4, 0.5) is 19.0 Å². The minimum Gasteiger partial charge on any atom is -0.456 e. The molecule has 0 fully saturated rings. The molecule has 150 valence electrons. The van der Waals surface area contributed by atoms with Crippen molar-refractivity contribution in [3.8, 4) is 0 Å². The van der Waals surface area contributed by atoms with E-state index in [2.05, 4.69) is 10.4 Å². The molecule has 9 heteroatoms. The van der Waals surface area contributed by atoms with Gasteiger partial charge in [0, 0.05) is 25.3 Å². The highest BCUT2D eigenvalue weighted by Gasteiger charge is 2.32. The van der Waals surface area contributed by atoms with Crippen molar-refractivity contribution in [3.05, 3.63) is 77.4 Å². The number of amides is 1. The highest BCUT2D eigenvalue weighted by atomic mass is 19.4. The fourth-order valence-electron chi connectivity index (χ4n) is 2.56. The standard InChI is InChI=1S/C20H16F3N3O3/c1-13(27)17-8-7-15(29-17)12-26-11-10-18(25-26)24-19(28)9-6-14-4-2-3-5-16(14)20(21,22)23/h2-11H,12H2,1H3,(H,24,25,28). The van der Waals surface area contributed by atoms with Gasteiger partial charge in [-0.2, -0.15) is 18.3 Å². The summed E-state index contributed by atoms with van der Waals surface area (Å²) in [6.45, 7) is 1.64. The van der Waals surface area contributed by atoms with Crippen LogP contribution in [0.1, 0.15) is 34.4 Å². The molecule has 3 rings (SSSR count). The van der Waals surface area contributed by atoms with E-state index < -0.39 is 17.6 Å². The Kier molecular flexibility index (Phi) is 5.67. The van der Waals surface area contributed by atoms with Crippen LogP contribution >= 0.6 is 0 Å². The predicted molar refractivity (Wildman–Crippen MR) is 99.1 cm³/mol. The molecular weight excluding hydrogens is 387 g/mol. The lowest BCUT2D eigenvalue weighted by Crippen LogP contribution is -2.10. The van der Waals surface area contributed by atoms with Crippen molar-refractivity contribution in [2.45, 2.75) is 19.6 Å². The first-order valence-electron chi connectivity index (χ1n) is 8.51. The third-order valence-electron chi connectivity index (χ3n) is 3.90. The van der Waals surface area contributed by atoms with Crippen LogP contribution in [0.3, 0.4) is 0 Å². The zero-order chi connectivity index (χ0) is 21.0. The number of alkyl halides is 3. The summed E-state index contributed by atoms with van der Waals surface area (Å²) in [4.78, 5) is 23.3. The Hall–Kier alpha value is -3.62. The molecule has 0 unspecified atom stereocenters. The first-order valence-corrected chi connectivity index (χ1v) is 8.51. The maximum absolute atomic E-state index is 13.0. The molecule has 3 aromatic rings. The molecule has 0 aliphatic carbocycles. The minimum absolute atomic E-state index is 0.111. The molecule has 29 heavy (non-hydrogen) atoms. The normalized spacial score (nSPS) is 11.7. The molecule has 0 spiro atoms. The molecule has 1 N–H and O–H groups in total. The van der Waals surface area contributed by atoms with E-state index in [1.165, 1.54) is 35.9 Å². The van der Waals surface area contributed by atoms with E-state index in [1.807, 2.05) is 0 Å². The lowest BCUT2D eigenvalue weighted by atomic mass is 10.1. The van der Waals surface area contributed by atoms with Crippen molar-refractivity contribution in [2.24, 2.45) is 0 Å². The highest BCUT2D eigenvalue weighted by molar-refractivity contribution is 6.01. The third-order valence-corrected chi connectivity index (χ3v) is 3.90. The van der Waals surface area contributed by atoms with Gasteiger partial charge in [-0.15, -0.1) is 0 Å². The number of benzene rings is 1. The average molecular weight is 403 g/mol. The molecule has 2 aromatic heterocycles. The van der Waals surface area contributed by atoms with E-state index in [0.717, 1.165) is 18.2 Å². The summed E-state index contributed by atoms with van der Waals surface area (Å²) < 4.78 is 45.8. The fourth-order valence-corrected chi connectivity index (χ4v) is 2.56. The quantitative estimate of drug-likeness (QED) is 0.489. The second kappa shape index (κ2) is 8.17. The van der Waals surface area contributed by atoms with Gasteiger partial charge in [0.2, 0.25) is 5.91 Å². The summed E-state index contributed by atoms with van der Waals surface area (Å²) in [6.07, 6.45) is -0.810. The SMILES string of the molecule is CC(=O)c1ccc(Cn2ccc(NC(=O)C=Cc3ccccc3C(F)(F)F)n2)o1. The van der Waals surface area contributed by atoms with Crippen LogP contribution in [-0.2, 0) is 17.5 Å². The summed E-state index contributed by atoms with van der Waals surface area (Å²) in [5, 5.41) is 6.61. The summed E-state index contributed by atoms with van der Waals surface area (Å²) in [7, 11) is 0. The molecule has 0 bridgehead atoms. The van der Waals surface area contributed by atoms with Gasteiger partial charge in [-0.1, -0.05) is 18.2 Å². The van der Waals surface area contributed by atoms with E-state index in [9.17, 15) is 22.8 Å². The summed E-state index contributed by atoms with van der Waals surface area (Å²) in [5.74, 6) is 0.166. The van der Waals surface area contributed by atoms with Crippen molar-refractivity contribution in [1.82, 2.24) is 9.78 Å². The molecule has 0 aliphatic heterocycles. The van der Waals surface area contributed by atoms with Gasteiger partial charge in [-0.3, -0.25) is 14.3 Å². The zero-order valence-corrected chi connectivity index (χ0v) is 15.2. The van der Waals surface area contributed by atoms with Crippen molar-refractivity contribution in [2.75, 3.05) is 5.32 Å². The van der Waals surface area contributed by atoms with E-state index in [-0.39, 0.29) is 29.5 Å². The van der Waals surface area contributed by atoms with Gasteiger partial charge in [0.25, 0.3) is 0 Å². The first-order chi connectivity index (χ1) is 13.7. The average Bonchev–Trinajstić information content (AvgIpc) is 3.29. The first kappa shape index (κ1) is 20.1. The van der Waals surface area contributed by atoms with Crippen molar-refractivity contribution >= 4 is 23.6 Å². The van der Waals surface area contributed by atoms with Gasteiger partial charge in [-0.25, -0.2) is 0 Å². The number of carbonyl (C=O) groups excluding carboxylic acids is 2. The number of furan rings is 1. The Morgan fingerprint density at radius 2 is 1.93 bits per heavy atom. The number of hydrogen-bond donors (Lipinski definition) is 1. The van der Waals surface area contributed by atoms with Gasteiger partial charge >= 0.3 is 6.18 Å². The molecule has 1 aromatic carbocycles. The van der Waals surface area contributed by atoms with Crippen LogP contribution in [0.25, 0.3) is 6.08 Å². The Balaban J connectivity index is 1.63. The molecular formula is C20H16F3N3O3. The van der Waals surface area contributed by atoms with Gasteiger partial charge in [0.05, 0.1) is 12.1 Å². The van der Waals surface area contributed by atoms with E-state index in [1.54, 1.807) is 18.3 Å². The van der Waals surface area contributed by atoms with Crippen LogP contribution in [0, 0.1) is 0 Å². The summed E-state index contributed by atoms with van der Waals surface area (Å²) in [5.41, 5.74) is -0.934. The van der Waals surface area contributed by atoms with E-state index in [4.69, 9.17) is 4.42 Å². The number of nitrogens with zero attached hydrogens (tertiary/aromatic N) is 2. The Bertz CT molecular complexity index is 1060. The topological polar surface area (TPSA) is 77.1 Å². The maximum atomic E-state index is 13.0. The molecule has 6 nitrogen and oxygen atoms in total. The molecule has 0 saturated heterocycles. The van der Waals surface area contributed by atoms with Gasteiger partial charge in [0.1, 0.15) is 5.76 Å². The predicted octanol–water partition coefficient (Wildman–Crippen LogP) is 4.40. The van der Waals surface area contributed by atoms with E-state index in [0.29, 0.717) is 5.76 Å². The lowest BCUT2D eigenvalue weighted by Gasteiger charge is -2.09. The third kappa shape index (κ3) is 5.22. The molecule has 0 saturated carbocycles. The monoisotopic (exact) mass is 403 g/mol. The Morgan fingerprint density at radius 1 is 1.17 bits per heavy atom. The number of aromatic nitrogens is 2. The number of halogens is 3. The molecule has 1 amide bonds. The van der Waals surface area contributed by atoms with Crippen molar-refractivity contribution in [3.63, 3.8) is 0 Å². The number of anilines is 1. The highest BCUT2D eigenvalue weighted by Crippen LogP contribution is 2.32. The Morgan fingerprint density at radius 3 is 2.62 bits per heavy atom. The van der Waals surface area contributed by atoms with Gasteiger partial charge < -0.3 is 9.73 Å². The number of hydrogen-bond acceptors (Lipinski definition) is 4. The molecule has 0 aliphatic rings. The number of ketones is 1. The van der Waals surface area contributed by atoms with Gasteiger partial charge in [-0.05, 0) is 29.8 Å². The van der Waals surface area contributed by atoms with Crippen LogP contribution in [0.15, 0.2) is 59.2 Å². The number of Topliss-reactive ketones (excluding diaryl/α,β-unsaturated/α-hetero) is 1. The van der Waals surface area contributed by atoms with Crippen LogP contribution in [0.2, 0.25) is 0 Å². The van der Waals surface area contributed by atoms with Crippen molar-refractivity contribution in [1.29, 1.82) is 0 Å². The smallest absolute Gasteiger partial charge is 0.416 e. The number of rotatable bonds is 6. The minimum atomic E-state index is -4.51. The summed E-state index contributed by atoms with van der Waals surface area (Å²) in [6, 6.07) is 9.71. The number of carbonyl (C=O) groups is 2. The molecule has 2 heterocycles. The fraction of sp³-hybridized carbons (Fsp3) is 0.150. The second-order valence-corrected chi connectivity index (χ2v) is 6.13. The van der Waals surface area contributed by atoms with Crippen LogP contribution in [0.5, 0.6) is 0 Å². The molecule has 0 radical (unpaired) electrons. The largest absolute Gasteiger partial charge is 0.456 e. The van der Waals surface area contributed by atoms with Gasteiger partial charge in [0.15, 0.2) is 17.4 Å². The Labute approximate surface area is 163 Å². The molecule has 0 atom stereocenters. The maximum Gasteiger partial charge on any atom is 0.416 e. The number of nitrogens with one attached hydrogen (secondary N) is 1. The zero-order valence-electron chi connectivity index (χ0n) is 15.2. The lowest BCUT2D eigenvalue weighted by molar-refractivity contribution is -0.137. The second-order valence-electron chi connectivity index (χ2n) is 6.13. The van der Waals surface area contributed by atoms with E-state index >= 15 is 0 Å². The van der Waals surface area contributed by atoms with Crippen LogP contribution < -0.4 is 5.32 Å². The van der Waals surface area contributed by atoms with Crippen LogP contribution in [-0.4, -0.2) is 21.5 Å².